The number of hydrogen-bond donors (Lipinski definition) is 1. The maximum Gasteiger partial charge on any atom is 0.215 e. The van der Waals surface area contributed by atoms with Crippen LogP contribution in [0.4, 0.5) is 0 Å². The predicted octanol–water partition coefficient (Wildman–Crippen LogP) is 4.71. The Labute approximate surface area is 131 Å². The molecule has 2 aromatic rings. The van der Waals surface area contributed by atoms with E-state index in [1.54, 1.807) is 7.11 Å². The second-order valence-corrected chi connectivity index (χ2v) is 6.29. The molecule has 0 spiro atoms. The fourth-order valence-electron chi connectivity index (χ4n) is 2.51. The Bertz CT molecular complexity index is 630. The highest BCUT2D eigenvalue weighted by Crippen LogP contribution is 2.17. The molecule has 0 unspecified atom stereocenters. The van der Waals surface area contributed by atoms with E-state index in [9.17, 15) is 0 Å². The van der Waals surface area contributed by atoms with Gasteiger partial charge in [0.15, 0.2) is 10.4 Å². The number of pyridine rings is 1. The van der Waals surface area contributed by atoms with Crippen LogP contribution in [0.5, 0.6) is 5.88 Å². The summed E-state index contributed by atoms with van der Waals surface area (Å²) in [5.74, 6) is 1.44. The van der Waals surface area contributed by atoms with Crippen molar-refractivity contribution in [2.75, 3.05) is 7.11 Å². The Kier molecular flexibility index (Phi) is 5.79. The van der Waals surface area contributed by atoms with E-state index < -0.39 is 0 Å². The lowest BCUT2D eigenvalue weighted by atomic mass is 10.0. The molecule has 0 atom stereocenters. The van der Waals surface area contributed by atoms with Crippen LogP contribution in [0.15, 0.2) is 12.1 Å². The van der Waals surface area contributed by atoms with Crippen LogP contribution in [-0.2, 0) is 6.54 Å². The minimum absolute atomic E-state index is 0.627. The molecule has 4 nitrogen and oxygen atoms in total. The van der Waals surface area contributed by atoms with Gasteiger partial charge in [-0.25, -0.2) is 0 Å². The van der Waals surface area contributed by atoms with E-state index in [0.717, 1.165) is 34.8 Å². The number of aromatic amines is 1. The first-order chi connectivity index (χ1) is 10.1. The summed E-state index contributed by atoms with van der Waals surface area (Å²) in [6.45, 7) is 5.48. The monoisotopic (exact) mass is 307 g/mol. The highest BCUT2D eigenvalue weighted by molar-refractivity contribution is 7.71. The molecule has 0 aromatic carbocycles. The van der Waals surface area contributed by atoms with Crippen LogP contribution in [0.3, 0.4) is 0 Å². The van der Waals surface area contributed by atoms with Crippen molar-refractivity contribution in [1.29, 1.82) is 0 Å². The molecule has 0 bridgehead atoms. The third-order valence-corrected chi connectivity index (χ3v) is 4.04. The van der Waals surface area contributed by atoms with Gasteiger partial charge in [0.05, 0.1) is 12.6 Å². The molecule has 0 aliphatic carbocycles. The zero-order valence-corrected chi connectivity index (χ0v) is 14.0. The second kappa shape index (κ2) is 7.59. The molecule has 0 amide bonds. The lowest BCUT2D eigenvalue weighted by Gasteiger charge is -2.06. The van der Waals surface area contributed by atoms with Gasteiger partial charge >= 0.3 is 0 Å². The van der Waals surface area contributed by atoms with Crippen molar-refractivity contribution in [3.05, 3.63) is 16.9 Å². The van der Waals surface area contributed by atoms with Gasteiger partial charge in [0.25, 0.3) is 0 Å². The number of fused-ring (bicyclic) bond motifs is 1. The fourth-order valence-corrected chi connectivity index (χ4v) is 2.80. The molecule has 2 heterocycles. The van der Waals surface area contributed by atoms with Crippen molar-refractivity contribution in [1.82, 2.24) is 14.5 Å². The number of nitrogens with one attached hydrogen (secondary N) is 1. The molecule has 0 aliphatic heterocycles. The van der Waals surface area contributed by atoms with Crippen molar-refractivity contribution in [2.45, 2.75) is 52.5 Å². The lowest BCUT2D eigenvalue weighted by molar-refractivity contribution is 0.398. The minimum Gasteiger partial charge on any atom is -0.481 e. The number of methoxy groups -OCH3 is 1. The van der Waals surface area contributed by atoms with Crippen LogP contribution in [0, 0.1) is 10.7 Å². The zero-order chi connectivity index (χ0) is 15.2. The normalized spacial score (nSPS) is 11.4. The number of aromatic nitrogens is 3. The third-order valence-electron chi connectivity index (χ3n) is 3.71. The molecular formula is C16H25N3OS. The Balaban J connectivity index is 1.95. The lowest BCUT2D eigenvalue weighted by Crippen LogP contribution is -2.00. The summed E-state index contributed by atoms with van der Waals surface area (Å²) < 4.78 is 8.02. The van der Waals surface area contributed by atoms with Crippen LogP contribution >= 0.6 is 12.2 Å². The maximum atomic E-state index is 5.39. The summed E-state index contributed by atoms with van der Waals surface area (Å²) in [6, 6.07) is 3.82. The van der Waals surface area contributed by atoms with E-state index in [-0.39, 0.29) is 0 Å². The molecule has 2 aromatic heterocycles. The summed E-state index contributed by atoms with van der Waals surface area (Å²) in [5, 5.41) is 0. The maximum absolute atomic E-state index is 5.39. The van der Waals surface area contributed by atoms with Crippen LogP contribution in [0.1, 0.15) is 46.0 Å². The van der Waals surface area contributed by atoms with Gasteiger partial charge < -0.3 is 14.3 Å². The van der Waals surface area contributed by atoms with Gasteiger partial charge in [-0.15, -0.1) is 0 Å². The van der Waals surface area contributed by atoms with Crippen LogP contribution in [0.25, 0.3) is 11.2 Å². The van der Waals surface area contributed by atoms with E-state index in [2.05, 4.69) is 28.4 Å². The number of nitrogens with zero attached hydrogens (tertiary/aromatic N) is 2. The Morgan fingerprint density at radius 1 is 1.24 bits per heavy atom. The second-order valence-electron chi connectivity index (χ2n) is 5.90. The predicted molar refractivity (Wildman–Crippen MR) is 89.4 cm³/mol. The molecule has 0 fully saturated rings. The number of imidazole rings is 1. The van der Waals surface area contributed by atoms with Gasteiger partial charge in [-0.05, 0) is 30.6 Å². The third kappa shape index (κ3) is 4.30. The average molecular weight is 307 g/mol. The standard InChI is InChI=1S/C16H25N3OS/c1-12(2)8-6-4-5-7-11-19-15-13(17-16(19)21)9-10-14(18-15)20-3/h9-10,12H,4-8,11H2,1-3H3,(H,17,21). The molecule has 0 aliphatic rings. The first-order valence-electron chi connectivity index (χ1n) is 7.75. The molecule has 2 rings (SSSR count). The quantitative estimate of drug-likeness (QED) is 0.567. The Hall–Kier alpha value is -1.36. The first-order valence-corrected chi connectivity index (χ1v) is 8.16. The number of ether oxygens (including phenoxy) is 1. The largest absolute Gasteiger partial charge is 0.481 e. The van der Waals surface area contributed by atoms with E-state index >= 15 is 0 Å². The van der Waals surface area contributed by atoms with Crippen molar-refractivity contribution in [3.63, 3.8) is 0 Å². The number of rotatable bonds is 8. The van der Waals surface area contributed by atoms with E-state index in [1.165, 1.54) is 25.7 Å². The molecule has 5 heteroatoms. The van der Waals surface area contributed by atoms with Crippen molar-refractivity contribution in [2.24, 2.45) is 5.92 Å². The van der Waals surface area contributed by atoms with Gasteiger partial charge in [-0.3, -0.25) is 0 Å². The summed E-state index contributed by atoms with van der Waals surface area (Å²) in [6.07, 6.45) is 6.32. The Morgan fingerprint density at radius 2 is 2.00 bits per heavy atom. The highest BCUT2D eigenvalue weighted by Gasteiger charge is 2.07. The zero-order valence-electron chi connectivity index (χ0n) is 13.2. The highest BCUT2D eigenvalue weighted by atomic mass is 32.1. The Morgan fingerprint density at radius 3 is 2.71 bits per heavy atom. The minimum atomic E-state index is 0.627. The van der Waals surface area contributed by atoms with Gasteiger partial charge in [-0.1, -0.05) is 39.5 Å². The van der Waals surface area contributed by atoms with E-state index in [4.69, 9.17) is 17.0 Å². The molecule has 21 heavy (non-hydrogen) atoms. The molecule has 0 radical (unpaired) electrons. The van der Waals surface area contributed by atoms with Gasteiger partial charge in [0.1, 0.15) is 0 Å². The number of aryl methyl sites for hydroxylation is 1. The van der Waals surface area contributed by atoms with Crippen LogP contribution in [0.2, 0.25) is 0 Å². The van der Waals surface area contributed by atoms with Gasteiger partial charge in [-0.2, -0.15) is 4.98 Å². The van der Waals surface area contributed by atoms with Crippen molar-refractivity contribution in [3.8, 4) is 5.88 Å². The summed E-state index contributed by atoms with van der Waals surface area (Å²) >= 11 is 5.39. The van der Waals surface area contributed by atoms with E-state index in [0.29, 0.717) is 5.88 Å². The van der Waals surface area contributed by atoms with Crippen molar-refractivity contribution >= 4 is 23.4 Å². The summed E-state index contributed by atoms with van der Waals surface area (Å²) in [4.78, 5) is 7.70. The van der Waals surface area contributed by atoms with Gasteiger partial charge in [0, 0.05) is 12.6 Å². The molecule has 116 valence electrons. The smallest absolute Gasteiger partial charge is 0.215 e. The average Bonchev–Trinajstić information content (AvgIpc) is 2.77. The summed E-state index contributed by atoms with van der Waals surface area (Å²) in [7, 11) is 1.63. The first kappa shape index (κ1) is 16.0. The van der Waals surface area contributed by atoms with E-state index in [1.807, 2.05) is 12.1 Å². The SMILES string of the molecule is COc1ccc2[nH]c(=S)n(CCCCCCC(C)C)c2n1. The molecule has 1 N–H and O–H groups in total. The fraction of sp³-hybridized carbons (Fsp3) is 0.625. The molecule has 0 saturated heterocycles. The van der Waals surface area contributed by atoms with Crippen LogP contribution in [-0.4, -0.2) is 21.6 Å². The van der Waals surface area contributed by atoms with Crippen molar-refractivity contribution < 1.29 is 4.74 Å². The van der Waals surface area contributed by atoms with Gasteiger partial charge in [0.2, 0.25) is 5.88 Å². The van der Waals surface area contributed by atoms with Crippen LogP contribution < -0.4 is 4.74 Å². The topological polar surface area (TPSA) is 42.8 Å². The number of unbranched alkanes of at least 4 members (excludes halogenated alkanes) is 3. The molecular weight excluding hydrogens is 282 g/mol. The summed E-state index contributed by atoms with van der Waals surface area (Å²) in [5.41, 5.74) is 1.86. The molecule has 0 saturated carbocycles. The number of hydrogen-bond acceptors (Lipinski definition) is 3. The number of H-pyrrole nitrogens is 1.